The standard InChI is InChI=1S/C31H28N2O5/c1-20-7-5-8-21(2)30(20)32-28(34)19-37-31(36)23-17-29(35)33(18-23)24-13-15-25(16-14-24)38-27-12-6-10-22-9-3-4-11-26(22)27/h3-16,23H,17-19H2,1-2H3,(H,32,34)/t23-/m0/s1. The van der Waals surface area contributed by atoms with Crippen LogP contribution < -0.4 is 15.0 Å². The van der Waals surface area contributed by atoms with E-state index in [0.29, 0.717) is 17.1 Å². The number of hydrogen-bond donors (Lipinski definition) is 1. The van der Waals surface area contributed by atoms with Crippen LogP contribution in [-0.4, -0.2) is 30.9 Å². The Hall–Kier alpha value is -4.65. The van der Waals surface area contributed by atoms with Gasteiger partial charge in [0, 0.05) is 29.7 Å². The average Bonchev–Trinajstić information content (AvgIpc) is 3.32. The van der Waals surface area contributed by atoms with Crippen molar-refractivity contribution in [3.63, 3.8) is 0 Å². The zero-order valence-corrected chi connectivity index (χ0v) is 21.3. The van der Waals surface area contributed by atoms with E-state index in [9.17, 15) is 14.4 Å². The molecule has 0 radical (unpaired) electrons. The van der Waals surface area contributed by atoms with E-state index in [1.807, 2.05) is 74.5 Å². The summed E-state index contributed by atoms with van der Waals surface area (Å²) >= 11 is 0. The Morgan fingerprint density at radius 3 is 2.34 bits per heavy atom. The van der Waals surface area contributed by atoms with Gasteiger partial charge in [-0.15, -0.1) is 0 Å². The van der Waals surface area contributed by atoms with Gasteiger partial charge in [0.15, 0.2) is 6.61 Å². The van der Waals surface area contributed by atoms with E-state index in [1.54, 1.807) is 29.2 Å². The monoisotopic (exact) mass is 508 g/mol. The summed E-state index contributed by atoms with van der Waals surface area (Å²) in [5.41, 5.74) is 3.23. The molecule has 4 aromatic carbocycles. The molecule has 38 heavy (non-hydrogen) atoms. The number of ether oxygens (including phenoxy) is 2. The Kier molecular flexibility index (Phi) is 7.09. The van der Waals surface area contributed by atoms with Gasteiger partial charge in [-0.2, -0.15) is 0 Å². The third-order valence-corrected chi connectivity index (χ3v) is 6.68. The number of nitrogens with zero attached hydrogens (tertiary/aromatic N) is 1. The van der Waals surface area contributed by atoms with Crippen LogP contribution >= 0.6 is 0 Å². The molecule has 1 atom stereocenters. The van der Waals surface area contributed by atoms with Crippen LogP contribution in [0.3, 0.4) is 0 Å². The third kappa shape index (κ3) is 5.37. The van der Waals surface area contributed by atoms with Crippen LogP contribution in [0.1, 0.15) is 17.5 Å². The molecule has 0 aromatic heterocycles. The first-order chi connectivity index (χ1) is 18.4. The van der Waals surface area contributed by atoms with Crippen LogP contribution in [-0.2, 0) is 19.1 Å². The number of carbonyl (C=O) groups is 3. The fourth-order valence-electron chi connectivity index (χ4n) is 4.66. The lowest BCUT2D eigenvalue weighted by atomic mass is 10.1. The lowest BCUT2D eigenvalue weighted by molar-refractivity contribution is -0.151. The Balaban J connectivity index is 1.17. The van der Waals surface area contributed by atoms with Crippen LogP contribution in [0.2, 0.25) is 0 Å². The SMILES string of the molecule is Cc1cccc(C)c1NC(=O)COC(=O)[C@H]1CC(=O)N(c2ccc(Oc3cccc4ccccc34)cc2)C1. The number of para-hydroxylation sites is 1. The number of benzene rings is 4. The molecule has 1 aliphatic rings. The van der Waals surface area contributed by atoms with Crippen LogP contribution in [0, 0.1) is 19.8 Å². The quantitative estimate of drug-likeness (QED) is 0.320. The highest BCUT2D eigenvalue weighted by atomic mass is 16.5. The number of hydrogen-bond acceptors (Lipinski definition) is 5. The minimum absolute atomic E-state index is 0.0333. The molecular formula is C31H28N2O5. The second kappa shape index (κ2) is 10.8. The second-order valence-electron chi connectivity index (χ2n) is 9.40. The number of nitrogens with one attached hydrogen (secondary N) is 1. The summed E-state index contributed by atoms with van der Waals surface area (Å²) in [7, 11) is 0. The molecule has 1 fully saturated rings. The first kappa shape index (κ1) is 25.0. The molecule has 0 saturated carbocycles. The third-order valence-electron chi connectivity index (χ3n) is 6.68. The van der Waals surface area contributed by atoms with E-state index < -0.39 is 24.4 Å². The maximum Gasteiger partial charge on any atom is 0.311 e. The molecule has 0 spiro atoms. The summed E-state index contributed by atoms with van der Waals surface area (Å²) in [6.07, 6.45) is 0.0333. The van der Waals surface area contributed by atoms with Crippen LogP contribution in [0.25, 0.3) is 10.8 Å². The summed E-state index contributed by atoms with van der Waals surface area (Å²) in [5, 5.41) is 4.89. The van der Waals surface area contributed by atoms with Gasteiger partial charge < -0.3 is 19.7 Å². The number of anilines is 2. The Morgan fingerprint density at radius 1 is 0.895 bits per heavy atom. The van der Waals surface area contributed by atoms with Gasteiger partial charge in [0.25, 0.3) is 5.91 Å². The Morgan fingerprint density at radius 2 is 1.58 bits per heavy atom. The summed E-state index contributed by atoms with van der Waals surface area (Å²) < 4.78 is 11.3. The smallest absolute Gasteiger partial charge is 0.311 e. The lowest BCUT2D eigenvalue weighted by Crippen LogP contribution is -2.28. The predicted molar refractivity (Wildman–Crippen MR) is 146 cm³/mol. The first-order valence-electron chi connectivity index (χ1n) is 12.5. The summed E-state index contributed by atoms with van der Waals surface area (Å²) in [6.45, 7) is 3.59. The molecule has 0 unspecified atom stereocenters. The second-order valence-corrected chi connectivity index (χ2v) is 9.40. The van der Waals surface area contributed by atoms with Crippen molar-refractivity contribution in [3.8, 4) is 11.5 Å². The summed E-state index contributed by atoms with van der Waals surface area (Å²) in [6, 6.07) is 26.8. The zero-order valence-electron chi connectivity index (χ0n) is 21.3. The van der Waals surface area contributed by atoms with Crippen molar-refractivity contribution in [2.24, 2.45) is 5.92 Å². The van der Waals surface area contributed by atoms with E-state index in [-0.39, 0.29) is 18.9 Å². The van der Waals surface area contributed by atoms with E-state index >= 15 is 0 Å². The maximum absolute atomic E-state index is 12.7. The molecule has 5 rings (SSSR count). The zero-order chi connectivity index (χ0) is 26.6. The molecule has 1 saturated heterocycles. The van der Waals surface area contributed by atoms with E-state index in [0.717, 1.165) is 27.6 Å². The topological polar surface area (TPSA) is 84.9 Å². The average molecular weight is 509 g/mol. The van der Waals surface area contributed by atoms with Crippen molar-refractivity contribution >= 4 is 39.9 Å². The minimum Gasteiger partial charge on any atom is -0.457 e. The molecule has 7 heteroatoms. The van der Waals surface area contributed by atoms with Crippen molar-refractivity contribution in [1.82, 2.24) is 0 Å². The van der Waals surface area contributed by atoms with Gasteiger partial charge in [-0.05, 0) is 60.7 Å². The van der Waals surface area contributed by atoms with Gasteiger partial charge in [0.1, 0.15) is 11.5 Å². The molecule has 0 aliphatic carbocycles. The normalized spacial score (nSPS) is 14.9. The van der Waals surface area contributed by atoms with E-state index in [2.05, 4.69) is 5.32 Å². The number of carbonyl (C=O) groups excluding carboxylic acids is 3. The molecule has 192 valence electrons. The largest absolute Gasteiger partial charge is 0.457 e. The summed E-state index contributed by atoms with van der Waals surface area (Å²) in [4.78, 5) is 39.2. The first-order valence-corrected chi connectivity index (χ1v) is 12.5. The van der Waals surface area contributed by atoms with Crippen LogP contribution in [0.5, 0.6) is 11.5 Å². The van der Waals surface area contributed by atoms with Gasteiger partial charge in [-0.1, -0.05) is 54.6 Å². The molecule has 1 aliphatic heterocycles. The van der Waals surface area contributed by atoms with Gasteiger partial charge >= 0.3 is 5.97 Å². The van der Waals surface area contributed by atoms with Gasteiger partial charge in [0.2, 0.25) is 5.91 Å². The minimum atomic E-state index is -0.637. The highest BCUT2D eigenvalue weighted by Crippen LogP contribution is 2.32. The highest BCUT2D eigenvalue weighted by Gasteiger charge is 2.36. The van der Waals surface area contributed by atoms with Crippen LogP contribution in [0.15, 0.2) is 84.9 Å². The molecule has 4 aromatic rings. The van der Waals surface area contributed by atoms with Crippen LogP contribution in [0.4, 0.5) is 11.4 Å². The molecular weight excluding hydrogens is 480 g/mol. The molecule has 0 bridgehead atoms. The van der Waals surface area contributed by atoms with Crippen molar-refractivity contribution in [3.05, 3.63) is 96.1 Å². The number of aryl methyl sites for hydroxylation is 2. The van der Waals surface area contributed by atoms with Crippen molar-refractivity contribution in [2.75, 3.05) is 23.4 Å². The fraction of sp³-hybridized carbons (Fsp3) is 0.194. The molecule has 1 heterocycles. The Bertz CT molecular complexity index is 1490. The maximum atomic E-state index is 12.7. The van der Waals surface area contributed by atoms with E-state index in [1.165, 1.54) is 0 Å². The highest BCUT2D eigenvalue weighted by molar-refractivity contribution is 6.00. The van der Waals surface area contributed by atoms with Crippen molar-refractivity contribution < 1.29 is 23.9 Å². The van der Waals surface area contributed by atoms with Crippen molar-refractivity contribution in [2.45, 2.75) is 20.3 Å². The summed E-state index contributed by atoms with van der Waals surface area (Å²) in [5.74, 6) is -0.399. The predicted octanol–water partition coefficient (Wildman–Crippen LogP) is 5.78. The fourth-order valence-corrected chi connectivity index (χ4v) is 4.66. The van der Waals surface area contributed by atoms with Crippen molar-refractivity contribution in [1.29, 1.82) is 0 Å². The van der Waals surface area contributed by atoms with Gasteiger partial charge in [0.05, 0.1) is 5.92 Å². The number of rotatable bonds is 7. The van der Waals surface area contributed by atoms with Gasteiger partial charge in [-0.25, -0.2) is 0 Å². The molecule has 2 amide bonds. The molecule has 7 nitrogen and oxygen atoms in total. The Labute approximate surface area is 221 Å². The van der Waals surface area contributed by atoms with E-state index in [4.69, 9.17) is 9.47 Å². The number of esters is 1. The number of fused-ring (bicyclic) bond motifs is 1. The number of amides is 2. The van der Waals surface area contributed by atoms with Gasteiger partial charge in [-0.3, -0.25) is 14.4 Å². The lowest BCUT2D eigenvalue weighted by Gasteiger charge is -2.17. The molecule has 1 N–H and O–H groups in total.